The van der Waals surface area contributed by atoms with Gasteiger partial charge in [-0.15, -0.1) is 0 Å². The van der Waals surface area contributed by atoms with Gasteiger partial charge in [-0.05, 0) is 30.3 Å². The number of anilines is 1. The van der Waals surface area contributed by atoms with Gasteiger partial charge in [0.05, 0.1) is 0 Å². The van der Waals surface area contributed by atoms with Crippen molar-refractivity contribution in [1.29, 1.82) is 0 Å². The number of benzene rings is 2. The standard InChI is InChI=1S/C18H17N3O2/c1-18(2,3)17-20-16(21-23-17)10-4-7-14-13(8-10)12-6-5-11(19)9-15(12)22-14/h4-9H,19H2,1-3H3. The average Bonchev–Trinajstić information content (AvgIpc) is 3.10. The van der Waals surface area contributed by atoms with Crippen LogP contribution in [0.4, 0.5) is 5.69 Å². The summed E-state index contributed by atoms with van der Waals surface area (Å²) in [4.78, 5) is 4.51. The molecule has 0 aliphatic heterocycles. The Kier molecular flexibility index (Phi) is 2.75. The van der Waals surface area contributed by atoms with E-state index in [-0.39, 0.29) is 5.41 Å². The highest BCUT2D eigenvalue weighted by Gasteiger charge is 2.22. The summed E-state index contributed by atoms with van der Waals surface area (Å²) in [5.41, 5.74) is 8.82. The van der Waals surface area contributed by atoms with Crippen molar-refractivity contribution in [2.45, 2.75) is 26.2 Å². The van der Waals surface area contributed by atoms with Gasteiger partial charge in [0.15, 0.2) is 0 Å². The number of nitrogen functional groups attached to an aromatic ring is 1. The molecule has 2 heterocycles. The Labute approximate surface area is 133 Å². The first-order valence-electron chi connectivity index (χ1n) is 7.48. The van der Waals surface area contributed by atoms with Gasteiger partial charge in [0, 0.05) is 33.5 Å². The fourth-order valence-corrected chi connectivity index (χ4v) is 2.58. The van der Waals surface area contributed by atoms with Crippen LogP contribution < -0.4 is 5.73 Å². The fourth-order valence-electron chi connectivity index (χ4n) is 2.58. The maximum absolute atomic E-state index is 5.84. The summed E-state index contributed by atoms with van der Waals surface area (Å²) >= 11 is 0. The second-order valence-electron chi connectivity index (χ2n) is 6.74. The summed E-state index contributed by atoms with van der Waals surface area (Å²) < 4.78 is 11.2. The van der Waals surface area contributed by atoms with Crippen LogP contribution in [0.2, 0.25) is 0 Å². The fraction of sp³-hybridized carbons (Fsp3) is 0.222. The Morgan fingerprint density at radius 3 is 2.52 bits per heavy atom. The van der Waals surface area contributed by atoms with Crippen molar-refractivity contribution in [3.63, 3.8) is 0 Å². The molecule has 0 spiro atoms. The van der Waals surface area contributed by atoms with Crippen molar-refractivity contribution in [1.82, 2.24) is 10.1 Å². The van der Waals surface area contributed by atoms with Crippen LogP contribution in [-0.2, 0) is 5.41 Å². The van der Waals surface area contributed by atoms with Gasteiger partial charge in [0.25, 0.3) is 0 Å². The number of fused-ring (bicyclic) bond motifs is 3. The van der Waals surface area contributed by atoms with Crippen LogP contribution in [0.5, 0.6) is 0 Å². The molecule has 2 aromatic heterocycles. The predicted molar refractivity (Wildman–Crippen MR) is 90.1 cm³/mol. The van der Waals surface area contributed by atoms with Crippen LogP contribution in [0.3, 0.4) is 0 Å². The van der Waals surface area contributed by atoms with Gasteiger partial charge in [-0.25, -0.2) is 0 Å². The Balaban J connectivity index is 1.88. The van der Waals surface area contributed by atoms with E-state index in [9.17, 15) is 0 Å². The Morgan fingerprint density at radius 1 is 0.957 bits per heavy atom. The Hall–Kier alpha value is -2.82. The minimum Gasteiger partial charge on any atom is -0.456 e. The molecule has 0 unspecified atom stereocenters. The number of nitrogens with zero attached hydrogens (tertiary/aromatic N) is 2. The lowest BCUT2D eigenvalue weighted by molar-refractivity contribution is 0.321. The van der Waals surface area contributed by atoms with Crippen molar-refractivity contribution in [2.24, 2.45) is 0 Å². The van der Waals surface area contributed by atoms with E-state index >= 15 is 0 Å². The van der Waals surface area contributed by atoms with E-state index in [1.54, 1.807) is 0 Å². The van der Waals surface area contributed by atoms with Gasteiger partial charge >= 0.3 is 0 Å². The molecular formula is C18H17N3O2. The molecule has 0 saturated heterocycles. The zero-order valence-corrected chi connectivity index (χ0v) is 13.3. The molecule has 5 heteroatoms. The Morgan fingerprint density at radius 2 is 1.78 bits per heavy atom. The van der Waals surface area contributed by atoms with Crippen molar-refractivity contribution in [3.8, 4) is 11.4 Å². The first-order valence-corrected chi connectivity index (χ1v) is 7.48. The number of aromatic nitrogens is 2. The highest BCUT2D eigenvalue weighted by molar-refractivity contribution is 6.06. The summed E-state index contributed by atoms with van der Waals surface area (Å²) in [5, 5.41) is 6.14. The summed E-state index contributed by atoms with van der Waals surface area (Å²) in [6.07, 6.45) is 0. The molecule has 0 bridgehead atoms. The average molecular weight is 307 g/mol. The molecule has 0 atom stereocenters. The number of furan rings is 1. The number of nitrogens with two attached hydrogens (primary N) is 1. The second kappa shape index (κ2) is 4.59. The first kappa shape index (κ1) is 13.8. The van der Waals surface area contributed by atoms with Crippen molar-refractivity contribution in [3.05, 3.63) is 42.3 Å². The molecule has 4 rings (SSSR count). The van der Waals surface area contributed by atoms with Crippen molar-refractivity contribution < 1.29 is 8.94 Å². The highest BCUT2D eigenvalue weighted by atomic mass is 16.5. The first-order chi connectivity index (χ1) is 10.9. The summed E-state index contributed by atoms with van der Waals surface area (Å²) in [7, 11) is 0. The number of hydrogen-bond donors (Lipinski definition) is 1. The lowest BCUT2D eigenvalue weighted by Crippen LogP contribution is -2.11. The van der Waals surface area contributed by atoms with Gasteiger partial charge in [0.2, 0.25) is 11.7 Å². The van der Waals surface area contributed by atoms with Gasteiger partial charge in [0.1, 0.15) is 11.2 Å². The third kappa shape index (κ3) is 2.25. The normalized spacial score (nSPS) is 12.3. The van der Waals surface area contributed by atoms with Crippen LogP contribution in [0, 0.1) is 0 Å². The largest absolute Gasteiger partial charge is 0.456 e. The lowest BCUT2D eigenvalue weighted by atomic mass is 9.97. The molecule has 0 fully saturated rings. The van der Waals surface area contributed by atoms with Crippen LogP contribution in [0.1, 0.15) is 26.7 Å². The van der Waals surface area contributed by atoms with Crippen LogP contribution in [0.25, 0.3) is 33.3 Å². The molecule has 0 aliphatic carbocycles. The molecule has 2 N–H and O–H groups in total. The van der Waals surface area contributed by atoms with Crippen molar-refractivity contribution >= 4 is 27.6 Å². The minimum atomic E-state index is -0.171. The van der Waals surface area contributed by atoms with Crippen LogP contribution in [0.15, 0.2) is 45.3 Å². The maximum Gasteiger partial charge on any atom is 0.232 e. The molecule has 5 nitrogen and oxygen atoms in total. The number of rotatable bonds is 1. The van der Waals surface area contributed by atoms with Gasteiger partial charge in [-0.2, -0.15) is 4.98 Å². The topological polar surface area (TPSA) is 78.1 Å². The zero-order chi connectivity index (χ0) is 16.2. The molecule has 0 aliphatic rings. The van der Waals surface area contributed by atoms with Gasteiger partial charge < -0.3 is 14.7 Å². The van der Waals surface area contributed by atoms with E-state index in [0.717, 1.165) is 27.5 Å². The van der Waals surface area contributed by atoms with E-state index in [2.05, 4.69) is 10.1 Å². The molecule has 4 aromatic rings. The number of hydrogen-bond acceptors (Lipinski definition) is 5. The third-order valence-corrected chi connectivity index (χ3v) is 3.82. The minimum absolute atomic E-state index is 0.171. The van der Waals surface area contributed by atoms with Crippen LogP contribution in [-0.4, -0.2) is 10.1 Å². The molecule has 116 valence electrons. The maximum atomic E-state index is 5.84. The molecule has 0 saturated carbocycles. The van der Waals surface area contributed by atoms with Crippen LogP contribution >= 0.6 is 0 Å². The monoisotopic (exact) mass is 307 g/mol. The quantitative estimate of drug-likeness (QED) is 0.523. The Bertz CT molecular complexity index is 1020. The lowest BCUT2D eigenvalue weighted by Gasteiger charge is -2.10. The summed E-state index contributed by atoms with van der Waals surface area (Å²) in [6, 6.07) is 11.6. The second-order valence-corrected chi connectivity index (χ2v) is 6.74. The van der Waals surface area contributed by atoms with E-state index in [1.165, 1.54) is 0 Å². The van der Waals surface area contributed by atoms with E-state index in [0.29, 0.717) is 17.4 Å². The van der Waals surface area contributed by atoms with E-state index < -0.39 is 0 Å². The molecule has 0 radical (unpaired) electrons. The third-order valence-electron chi connectivity index (χ3n) is 3.82. The molecule has 0 amide bonds. The highest BCUT2D eigenvalue weighted by Crippen LogP contribution is 2.33. The molecule has 23 heavy (non-hydrogen) atoms. The summed E-state index contributed by atoms with van der Waals surface area (Å²) in [5.74, 6) is 1.21. The van der Waals surface area contributed by atoms with E-state index in [1.807, 2.05) is 57.2 Å². The molecular weight excluding hydrogens is 290 g/mol. The predicted octanol–water partition coefficient (Wildman–Crippen LogP) is 4.52. The SMILES string of the molecule is CC(C)(C)c1nc(-c2ccc3oc4cc(N)ccc4c3c2)no1. The van der Waals surface area contributed by atoms with Gasteiger partial charge in [-0.1, -0.05) is 25.9 Å². The smallest absolute Gasteiger partial charge is 0.232 e. The van der Waals surface area contributed by atoms with Crippen molar-refractivity contribution in [2.75, 3.05) is 5.73 Å². The summed E-state index contributed by atoms with van der Waals surface area (Å²) in [6.45, 7) is 6.13. The van der Waals surface area contributed by atoms with E-state index in [4.69, 9.17) is 14.7 Å². The van der Waals surface area contributed by atoms with Gasteiger partial charge in [-0.3, -0.25) is 0 Å². The zero-order valence-electron chi connectivity index (χ0n) is 13.3. The molecule has 2 aromatic carbocycles.